The van der Waals surface area contributed by atoms with Gasteiger partial charge in [-0.15, -0.1) is 0 Å². The fraction of sp³-hybridized carbons (Fsp3) is 0.211. The third-order valence-corrected chi connectivity index (χ3v) is 4.57. The molecule has 7 nitrogen and oxygen atoms in total. The third-order valence-electron chi connectivity index (χ3n) is 4.38. The van der Waals surface area contributed by atoms with E-state index in [2.05, 4.69) is 16.1 Å². The topological polar surface area (TPSA) is 82.7 Å². The molecule has 0 bridgehead atoms. The molecular weight excluding hydrogens is 364 g/mol. The lowest BCUT2D eigenvalue weighted by atomic mass is 9.92. The molecule has 2 aromatic rings. The molecule has 1 heterocycles. The van der Waals surface area contributed by atoms with Gasteiger partial charge in [-0.05, 0) is 55.9 Å². The number of carbonyl (C=O) groups excluding carboxylic acids is 2. The summed E-state index contributed by atoms with van der Waals surface area (Å²) in [6, 6.07) is 13.9. The van der Waals surface area contributed by atoms with Gasteiger partial charge in [0.15, 0.2) is 5.11 Å². The lowest BCUT2D eigenvalue weighted by molar-refractivity contribution is -0.132. The van der Waals surface area contributed by atoms with Crippen LogP contribution in [0.1, 0.15) is 18.1 Å². The molecule has 2 aromatic carbocycles. The predicted octanol–water partition coefficient (Wildman–Crippen LogP) is 2.67. The molecule has 3 rings (SSSR count). The van der Waals surface area contributed by atoms with Crippen molar-refractivity contribution in [3.05, 3.63) is 59.7 Å². The second-order valence-electron chi connectivity index (χ2n) is 6.36. The first-order chi connectivity index (χ1) is 12.8. The van der Waals surface area contributed by atoms with Crippen molar-refractivity contribution in [3.8, 4) is 5.75 Å². The highest BCUT2D eigenvalue weighted by molar-refractivity contribution is 7.80. The van der Waals surface area contributed by atoms with Gasteiger partial charge in [0, 0.05) is 5.69 Å². The fourth-order valence-corrected chi connectivity index (χ4v) is 2.97. The van der Waals surface area contributed by atoms with Crippen molar-refractivity contribution in [1.29, 1.82) is 0 Å². The molecule has 140 valence electrons. The van der Waals surface area contributed by atoms with Gasteiger partial charge in [-0.1, -0.05) is 29.8 Å². The molecule has 1 aliphatic heterocycles. The van der Waals surface area contributed by atoms with Gasteiger partial charge in [0.05, 0.1) is 7.11 Å². The summed E-state index contributed by atoms with van der Waals surface area (Å²) in [5.41, 5.74) is 3.97. The van der Waals surface area contributed by atoms with Crippen LogP contribution < -0.4 is 20.8 Å². The van der Waals surface area contributed by atoms with Crippen LogP contribution in [0.15, 0.2) is 48.5 Å². The van der Waals surface area contributed by atoms with Crippen LogP contribution >= 0.6 is 12.2 Å². The largest absolute Gasteiger partial charge is 0.497 e. The molecule has 0 radical (unpaired) electrons. The Bertz CT molecular complexity index is 883. The quantitative estimate of drug-likeness (QED) is 0.555. The van der Waals surface area contributed by atoms with Gasteiger partial charge in [-0.25, -0.2) is 4.79 Å². The average molecular weight is 384 g/mol. The van der Waals surface area contributed by atoms with Gasteiger partial charge in [-0.3, -0.25) is 10.2 Å². The number of carbonyl (C=O) groups is 2. The van der Waals surface area contributed by atoms with Gasteiger partial charge in [0.25, 0.3) is 5.91 Å². The molecule has 27 heavy (non-hydrogen) atoms. The highest BCUT2D eigenvalue weighted by Crippen LogP contribution is 2.29. The lowest BCUT2D eigenvalue weighted by Gasteiger charge is -2.23. The van der Waals surface area contributed by atoms with Crippen LogP contribution in [-0.2, 0) is 10.3 Å². The van der Waals surface area contributed by atoms with E-state index in [9.17, 15) is 9.59 Å². The minimum atomic E-state index is -1.20. The number of hydrogen-bond donors (Lipinski definition) is 3. The van der Waals surface area contributed by atoms with E-state index in [0.29, 0.717) is 11.3 Å². The molecule has 0 unspecified atom stereocenters. The number of amides is 3. The highest BCUT2D eigenvalue weighted by Gasteiger charge is 2.49. The Balaban J connectivity index is 1.73. The Hall–Kier alpha value is -3.13. The number of ether oxygens (including phenoxy) is 1. The molecule has 1 aliphatic rings. The van der Waals surface area contributed by atoms with E-state index in [0.717, 1.165) is 16.3 Å². The number of rotatable bonds is 4. The molecular formula is C19H20N4O3S. The molecule has 1 atom stereocenters. The predicted molar refractivity (Wildman–Crippen MR) is 106 cm³/mol. The van der Waals surface area contributed by atoms with Gasteiger partial charge >= 0.3 is 6.03 Å². The van der Waals surface area contributed by atoms with E-state index in [-0.39, 0.29) is 5.11 Å². The summed E-state index contributed by atoms with van der Waals surface area (Å²) in [7, 11) is 1.56. The van der Waals surface area contributed by atoms with Gasteiger partial charge < -0.3 is 15.4 Å². The van der Waals surface area contributed by atoms with Crippen LogP contribution in [0.3, 0.4) is 0 Å². The Labute approximate surface area is 162 Å². The summed E-state index contributed by atoms with van der Waals surface area (Å²) in [6.45, 7) is 3.63. The van der Waals surface area contributed by atoms with Crippen molar-refractivity contribution >= 4 is 35.0 Å². The standard InChI is InChI=1S/C19H20N4O3S/c1-12-4-8-14(9-5-12)20-17(27)22-23-16(24)19(2,21-18(23)25)13-6-10-15(26-3)11-7-13/h4-11H,1-3H3,(H,21,25)(H2,20,22,27)/t19-/m1/s1. The zero-order valence-electron chi connectivity index (χ0n) is 15.2. The number of hydrazine groups is 1. The molecule has 8 heteroatoms. The minimum Gasteiger partial charge on any atom is -0.497 e. The maximum Gasteiger partial charge on any atom is 0.344 e. The van der Waals surface area contributed by atoms with E-state index in [1.54, 1.807) is 38.3 Å². The maximum absolute atomic E-state index is 12.9. The van der Waals surface area contributed by atoms with Crippen molar-refractivity contribution in [1.82, 2.24) is 15.8 Å². The minimum absolute atomic E-state index is 0.140. The number of anilines is 1. The molecule has 0 aliphatic carbocycles. The Kier molecular flexibility index (Phi) is 5.00. The van der Waals surface area contributed by atoms with Crippen LogP contribution in [0.25, 0.3) is 0 Å². The molecule has 0 saturated carbocycles. The summed E-state index contributed by atoms with van der Waals surface area (Å²) >= 11 is 5.22. The molecule has 0 spiro atoms. The van der Waals surface area contributed by atoms with Gasteiger partial charge in [0.2, 0.25) is 0 Å². The summed E-state index contributed by atoms with van der Waals surface area (Å²) in [5, 5.41) is 6.68. The van der Waals surface area contributed by atoms with Crippen molar-refractivity contribution < 1.29 is 14.3 Å². The summed E-state index contributed by atoms with van der Waals surface area (Å²) in [4.78, 5) is 25.2. The molecule has 3 amide bonds. The van der Waals surface area contributed by atoms with E-state index in [4.69, 9.17) is 17.0 Å². The van der Waals surface area contributed by atoms with Crippen molar-refractivity contribution in [3.63, 3.8) is 0 Å². The van der Waals surface area contributed by atoms with E-state index in [1.807, 2.05) is 31.2 Å². The first-order valence-electron chi connectivity index (χ1n) is 8.29. The normalized spacial score (nSPS) is 18.9. The number of hydrogen-bond acceptors (Lipinski definition) is 4. The monoisotopic (exact) mass is 384 g/mol. The maximum atomic E-state index is 12.9. The van der Waals surface area contributed by atoms with Crippen molar-refractivity contribution in [2.24, 2.45) is 0 Å². The van der Waals surface area contributed by atoms with Crippen molar-refractivity contribution in [2.45, 2.75) is 19.4 Å². The average Bonchev–Trinajstić information content (AvgIpc) is 2.88. The van der Waals surface area contributed by atoms with Crippen molar-refractivity contribution in [2.75, 3.05) is 12.4 Å². The molecule has 1 saturated heterocycles. The number of imide groups is 1. The molecule has 3 N–H and O–H groups in total. The Morgan fingerprint density at radius 2 is 1.74 bits per heavy atom. The second kappa shape index (κ2) is 7.24. The highest BCUT2D eigenvalue weighted by atomic mass is 32.1. The van der Waals surface area contributed by atoms with E-state index < -0.39 is 17.5 Å². The zero-order valence-corrected chi connectivity index (χ0v) is 16.0. The summed E-state index contributed by atoms with van der Waals surface area (Å²) in [6.07, 6.45) is 0. The van der Waals surface area contributed by atoms with Crippen LogP contribution in [0.4, 0.5) is 10.5 Å². The Morgan fingerprint density at radius 3 is 2.33 bits per heavy atom. The lowest BCUT2D eigenvalue weighted by Crippen LogP contribution is -2.49. The second-order valence-corrected chi connectivity index (χ2v) is 6.76. The molecule has 0 aromatic heterocycles. The summed E-state index contributed by atoms with van der Waals surface area (Å²) in [5.74, 6) is 0.211. The van der Waals surface area contributed by atoms with Gasteiger partial charge in [0.1, 0.15) is 11.3 Å². The number of nitrogens with one attached hydrogen (secondary N) is 3. The number of urea groups is 1. The number of benzene rings is 2. The number of methoxy groups -OCH3 is 1. The van der Waals surface area contributed by atoms with Crippen LogP contribution in [0.5, 0.6) is 5.75 Å². The van der Waals surface area contributed by atoms with Crippen LogP contribution in [0, 0.1) is 6.92 Å². The number of thiocarbonyl (C=S) groups is 1. The van der Waals surface area contributed by atoms with Crippen LogP contribution in [-0.4, -0.2) is 29.2 Å². The van der Waals surface area contributed by atoms with Gasteiger partial charge in [-0.2, -0.15) is 5.01 Å². The first-order valence-corrected chi connectivity index (χ1v) is 8.70. The van der Waals surface area contributed by atoms with E-state index in [1.165, 1.54) is 0 Å². The van der Waals surface area contributed by atoms with E-state index >= 15 is 0 Å². The fourth-order valence-electron chi connectivity index (χ4n) is 2.76. The number of aryl methyl sites for hydroxylation is 1. The number of nitrogens with zero attached hydrogens (tertiary/aromatic N) is 1. The zero-order chi connectivity index (χ0) is 19.6. The third kappa shape index (κ3) is 3.70. The Morgan fingerprint density at radius 1 is 1.11 bits per heavy atom. The smallest absolute Gasteiger partial charge is 0.344 e. The summed E-state index contributed by atoms with van der Waals surface area (Å²) < 4.78 is 5.13. The molecule has 1 fully saturated rings. The first kappa shape index (κ1) is 18.7. The van der Waals surface area contributed by atoms with Crippen LogP contribution in [0.2, 0.25) is 0 Å². The SMILES string of the molecule is COc1ccc([C@@]2(C)NC(=O)N(NC(=S)Nc3ccc(C)cc3)C2=O)cc1.